The van der Waals surface area contributed by atoms with Gasteiger partial charge in [-0.3, -0.25) is 5.32 Å². The lowest BCUT2D eigenvalue weighted by Crippen LogP contribution is -2.16. The highest BCUT2D eigenvalue weighted by Gasteiger charge is 2.07. The Morgan fingerprint density at radius 3 is 2.20 bits per heavy atom. The molecule has 104 valence electrons. The van der Waals surface area contributed by atoms with Crippen molar-refractivity contribution < 1.29 is 9.53 Å². The summed E-state index contributed by atoms with van der Waals surface area (Å²) in [5, 5.41) is 2.64. The first-order chi connectivity index (χ1) is 9.74. The number of rotatable bonds is 4. The molecule has 0 radical (unpaired) electrons. The fourth-order valence-electron chi connectivity index (χ4n) is 2.02. The molecule has 1 N–H and O–H groups in total. The molecule has 2 rings (SSSR count). The number of anilines is 3. The molecule has 0 saturated heterocycles. The molecule has 0 aromatic heterocycles. The molecule has 1 amide bonds. The highest BCUT2D eigenvalue weighted by molar-refractivity contribution is 5.84. The number of amides is 1. The van der Waals surface area contributed by atoms with Gasteiger partial charge in [0.05, 0.1) is 7.11 Å². The first-order valence-electron chi connectivity index (χ1n) is 6.52. The number of methoxy groups -OCH3 is 1. The number of nitrogens with one attached hydrogen (secondary N) is 1. The molecule has 2 aromatic carbocycles. The number of hydrogen-bond donors (Lipinski definition) is 1. The van der Waals surface area contributed by atoms with Crippen molar-refractivity contribution in [2.45, 2.75) is 6.92 Å². The fourth-order valence-corrected chi connectivity index (χ4v) is 2.02. The zero-order valence-corrected chi connectivity index (χ0v) is 11.7. The number of ether oxygens (including phenoxy) is 1. The van der Waals surface area contributed by atoms with E-state index >= 15 is 0 Å². The van der Waals surface area contributed by atoms with Crippen molar-refractivity contribution in [1.82, 2.24) is 0 Å². The molecule has 0 bridgehead atoms. The minimum atomic E-state index is -0.465. The van der Waals surface area contributed by atoms with Crippen LogP contribution in [0.2, 0.25) is 0 Å². The minimum Gasteiger partial charge on any atom is -0.453 e. The monoisotopic (exact) mass is 270 g/mol. The Morgan fingerprint density at radius 1 is 1.05 bits per heavy atom. The third-order valence-electron chi connectivity index (χ3n) is 2.99. The zero-order valence-electron chi connectivity index (χ0n) is 11.7. The van der Waals surface area contributed by atoms with Crippen LogP contribution < -0.4 is 10.2 Å². The van der Waals surface area contributed by atoms with E-state index < -0.39 is 6.09 Å². The molecule has 4 heteroatoms. The lowest BCUT2D eigenvalue weighted by molar-refractivity contribution is 0.187. The Hall–Kier alpha value is -2.49. The van der Waals surface area contributed by atoms with E-state index in [0.29, 0.717) is 5.69 Å². The summed E-state index contributed by atoms with van der Waals surface area (Å²) in [6.45, 7) is 2.97. The van der Waals surface area contributed by atoms with E-state index in [1.807, 2.05) is 42.5 Å². The van der Waals surface area contributed by atoms with Gasteiger partial charge in [-0.25, -0.2) is 4.79 Å². The molecule has 0 atom stereocenters. The van der Waals surface area contributed by atoms with Gasteiger partial charge in [-0.15, -0.1) is 0 Å². The molecule has 0 aliphatic rings. The highest BCUT2D eigenvalue weighted by atomic mass is 16.5. The first kappa shape index (κ1) is 13.9. The van der Waals surface area contributed by atoms with Gasteiger partial charge in [0.1, 0.15) is 0 Å². The van der Waals surface area contributed by atoms with Gasteiger partial charge in [0, 0.05) is 23.6 Å². The number of hydrogen-bond acceptors (Lipinski definition) is 3. The van der Waals surface area contributed by atoms with Crippen LogP contribution in [0.5, 0.6) is 0 Å². The predicted molar refractivity (Wildman–Crippen MR) is 81.6 cm³/mol. The van der Waals surface area contributed by atoms with Gasteiger partial charge in [0.15, 0.2) is 0 Å². The van der Waals surface area contributed by atoms with Crippen LogP contribution >= 0.6 is 0 Å². The van der Waals surface area contributed by atoms with Gasteiger partial charge in [0.2, 0.25) is 0 Å². The molecular formula is C16H18N2O2. The topological polar surface area (TPSA) is 41.6 Å². The third kappa shape index (κ3) is 3.29. The van der Waals surface area contributed by atoms with E-state index in [4.69, 9.17) is 0 Å². The van der Waals surface area contributed by atoms with E-state index in [0.717, 1.165) is 17.9 Å². The second-order valence-corrected chi connectivity index (χ2v) is 4.24. The Kier molecular flexibility index (Phi) is 4.60. The number of para-hydroxylation sites is 1. The minimum absolute atomic E-state index is 0.465. The smallest absolute Gasteiger partial charge is 0.411 e. The molecule has 0 aliphatic carbocycles. The van der Waals surface area contributed by atoms with Crippen LogP contribution in [0.4, 0.5) is 21.9 Å². The Balaban J connectivity index is 2.18. The summed E-state index contributed by atoms with van der Waals surface area (Å²) in [4.78, 5) is 13.3. The summed E-state index contributed by atoms with van der Waals surface area (Å²) in [6, 6.07) is 17.9. The summed E-state index contributed by atoms with van der Waals surface area (Å²) in [5.74, 6) is 0. The van der Waals surface area contributed by atoms with Crippen molar-refractivity contribution >= 4 is 23.2 Å². The van der Waals surface area contributed by atoms with Gasteiger partial charge in [-0.2, -0.15) is 0 Å². The van der Waals surface area contributed by atoms with Crippen LogP contribution in [0.1, 0.15) is 6.92 Å². The molecule has 20 heavy (non-hydrogen) atoms. The predicted octanol–water partition coefficient (Wildman–Crippen LogP) is 4.02. The van der Waals surface area contributed by atoms with Crippen LogP contribution in [0.25, 0.3) is 0 Å². The third-order valence-corrected chi connectivity index (χ3v) is 2.99. The lowest BCUT2D eigenvalue weighted by Gasteiger charge is -2.23. The summed E-state index contributed by atoms with van der Waals surface area (Å²) in [5.41, 5.74) is 2.93. The molecule has 0 spiro atoms. The number of carbonyl (C=O) groups is 1. The number of benzene rings is 2. The standard InChI is InChI=1S/C16H18N2O2/c1-3-18(14-7-5-4-6-8-14)15-11-9-13(10-12-15)17-16(19)20-2/h4-12H,3H2,1-2H3,(H,17,19). The SMILES string of the molecule is CCN(c1ccccc1)c1ccc(NC(=O)OC)cc1. The van der Waals surface area contributed by atoms with Crippen molar-refractivity contribution in [2.75, 3.05) is 23.9 Å². The molecule has 4 nitrogen and oxygen atoms in total. The maximum absolute atomic E-state index is 11.1. The van der Waals surface area contributed by atoms with Crippen LogP contribution in [0.15, 0.2) is 54.6 Å². The molecule has 0 fully saturated rings. The maximum Gasteiger partial charge on any atom is 0.411 e. The van der Waals surface area contributed by atoms with Crippen molar-refractivity contribution in [2.24, 2.45) is 0 Å². The highest BCUT2D eigenvalue weighted by Crippen LogP contribution is 2.25. The lowest BCUT2D eigenvalue weighted by atomic mass is 10.2. The Bertz CT molecular complexity index is 552. The quantitative estimate of drug-likeness (QED) is 0.912. The van der Waals surface area contributed by atoms with Crippen molar-refractivity contribution in [3.8, 4) is 0 Å². The Morgan fingerprint density at radius 2 is 1.65 bits per heavy atom. The zero-order chi connectivity index (χ0) is 14.4. The van der Waals surface area contributed by atoms with Crippen LogP contribution in [-0.2, 0) is 4.74 Å². The maximum atomic E-state index is 11.1. The summed E-state index contributed by atoms with van der Waals surface area (Å²) in [7, 11) is 1.35. The molecule has 0 aliphatic heterocycles. The average molecular weight is 270 g/mol. The molecule has 0 unspecified atom stereocenters. The number of carbonyl (C=O) groups excluding carboxylic acids is 1. The first-order valence-corrected chi connectivity index (χ1v) is 6.52. The van der Waals surface area contributed by atoms with E-state index in [1.165, 1.54) is 7.11 Å². The van der Waals surface area contributed by atoms with Gasteiger partial charge < -0.3 is 9.64 Å². The van der Waals surface area contributed by atoms with Gasteiger partial charge in [0.25, 0.3) is 0 Å². The van der Waals surface area contributed by atoms with Crippen molar-refractivity contribution in [3.63, 3.8) is 0 Å². The van der Waals surface area contributed by atoms with E-state index in [2.05, 4.69) is 34.0 Å². The molecule has 0 heterocycles. The van der Waals surface area contributed by atoms with E-state index in [1.54, 1.807) is 0 Å². The number of nitrogens with zero attached hydrogens (tertiary/aromatic N) is 1. The van der Waals surface area contributed by atoms with Crippen LogP contribution in [-0.4, -0.2) is 19.7 Å². The summed E-state index contributed by atoms with van der Waals surface area (Å²) >= 11 is 0. The van der Waals surface area contributed by atoms with Gasteiger partial charge in [-0.05, 0) is 43.3 Å². The second kappa shape index (κ2) is 6.61. The van der Waals surface area contributed by atoms with Gasteiger partial charge >= 0.3 is 6.09 Å². The Labute approximate surface area is 119 Å². The summed E-state index contributed by atoms with van der Waals surface area (Å²) in [6.07, 6.45) is -0.465. The van der Waals surface area contributed by atoms with E-state index in [-0.39, 0.29) is 0 Å². The van der Waals surface area contributed by atoms with Crippen molar-refractivity contribution in [3.05, 3.63) is 54.6 Å². The van der Waals surface area contributed by atoms with Crippen LogP contribution in [0, 0.1) is 0 Å². The second-order valence-electron chi connectivity index (χ2n) is 4.24. The summed E-state index contributed by atoms with van der Waals surface area (Å²) < 4.78 is 4.56. The fraction of sp³-hybridized carbons (Fsp3) is 0.188. The molecular weight excluding hydrogens is 252 g/mol. The average Bonchev–Trinajstić information content (AvgIpc) is 2.50. The van der Waals surface area contributed by atoms with Crippen LogP contribution in [0.3, 0.4) is 0 Å². The van der Waals surface area contributed by atoms with Gasteiger partial charge in [-0.1, -0.05) is 18.2 Å². The molecule has 0 saturated carbocycles. The largest absolute Gasteiger partial charge is 0.453 e. The van der Waals surface area contributed by atoms with E-state index in [9.17, 15) is 4.79 Å². The van der Waals surface area contributed by atoms with Crippen molar-refractivity contribution in [1.29, 1.82) is 0 Å². The molecule has 2 aromatic rings. The normalized spacial score (nSPS) is 9.90.